The minimum absolute atomic E-state index is 0.0683. The Morgan fingerprint density at radius 3 is 2.50 bits per heavy atom. The molecule has 1 aliphatic carbocycles. The highest BCUT2D eigenvalue weighted by atomic mass is 79.9. The van der Waals surface area contributed by atoms with Gasteiger partial charge in [-0.2, -0.15) is 0 Å². The van der Waals surface area contributed by atoms with E-state index in [0.29, 0.717) is 42.4 Å². The first-order chi connectivity index (χ1) is 18.3. The van der Waals surface area contributed by atoms with E-state index in [1.807, 2.05) is 42.7 Å². The number of halogens is 1. The third-order valence-electron chi connectivity index (χ3n) is 6.11. The van der Waals surface area contributed by atoms with Gasteiger partial charge in [0.05, 0.1) is 24.9 Å². The number of likely N-dealkylation sites (N-methyl/N-ethyl adjacent to an activating group) is 1. The Morgan fingerprint density at radius 1 is 1.18 bits per heavy atom. The topological polar surface area (TPSA) is 126 Å². The number of benzene rings is 2. The number of nitrogens with one attached hydrogen (secondary N) is 2. The fourth-order valence-corrected chi connectivity index (χ4v) is 4.86. The number of anilines is 2. The number of carbonyl (C=O) groups is 3. The summed E-state index contributed by atoms with van der Waals surface area (Å²) in [5, 5.41) is 5.54. The molecule has 9 nitrogen and oxygen atoms in total. The van der Waals surface area contributed by atoms with Crippen LogP contribution in [-0.2, 0) is 19.1 Å². The van der Waals surface area contributed by atoms with Gasteiger partial charge in [0.15, 0.2) is 0 Å². The van der Waals surface area contributed by atoms with E-state index in [9.17, 15) is 14.4 Å². The molecule has 11 heteroatoms. The number of nitrogens with two attached hydrogens (primary N) is 1. The fourth-order valence-electron chi connectivity index (χ4n) is 3.93. The van der Waals surface area contributed by atoms with Crippen LogP contribution in [0.25, 0.3) is 0 Å². The normalized spacial score (nSPS) is 13.1. The number of nitrogen functional groups attached to an aromatic ring is 1. The fraction of sp³-hybridized carbons (Fsp3) is 0.407. The molecule has 0 atom stereocenters. The largest absolute Gasteiger partial charge is 0.469 e. The van der Waals surface area contributed by atoms with Gasteiger partial charge in [-0.05, 0) is 67.1 Å². The molecule has 0 radical (unpaired) electrons. The SMILES string of the molecule is CNC(=O)C(=Nc1ccc(Br)cc1)c1cc(C2CC2)c(N(CCCNC(=O)CCC(=O)OC)SC)cc1N. The lowest BCUT2D eigenvalue weighted by atomic mass is 9.98. The van der Waals surface area contributed by atoms with Crippen molar-refractivity contribution < 1.29 is 19.1 Å². The molecule has 0 saturated heterocycles. The highest BCUT2D eigenvalue weighted by Gasteiger charge is 2.30. The molecular weight excluding hydrogens is 570 g/mol. The van der Waals surface area contributed by atoms with Crippen LogP contribution in [0.1, 0.15) is 49.1 Å². The lowest BCUT2D eigenvalue weighted by molar-refractivity contribution is -0.142. The number of methoxy groups -OCH3 is 1. The maximum atomic E-state index is 12.9. The Bertz CT molecular complexity index is 1180. The standard InChI is InChI=1S/C27H34BrN5O4S/c1-30-27(36)26(32-19-9-7-18(28)8-10-19)21-15-20(17-5-6-17)23(16-22(21)29)33(38-3)14-4-13-31-24(34)11-12-25(35)37-2/h7-10,15-17H,4-6,11-14,29H2,1-3H3,(H,30,36)(H,31,34). The lowest BCUT2D eigenvalue weighted by Gasteiger charge is -2.26. The van der Waals surface area contributed by atoms with Crippen LogP contribution < -0.4 is 20.7 Å². The summed E-state index contributed by atoms with van der Waals surface area (Å²) in [5.74, 6) is -0.483. The lowest BCUT2D eigenvalue weighted by Crippen LogP contribution is -2.29. The zero-order chi connectivity index (χ0) is 27.7. The van der Waals surface area contributed by atoms with Crippen molar-refractivity contribution in [3.05, 3.63) is 52.0 Å². The minimum atomic E-state index is -0.399. The van der Waals surface area contributed by atoms with Gasteiger partial charge < -0.3 is 25.4 Å². The van der Waals surface area contributed by atoms with Gasteiger partial charge in [-0.3, -0.25) is 14.4 Å². The van der Waals surface area contributed by atoms with Gasteiger partial charge in [-0.25, -0.2) is 4.99 Å². The minimum Gasteiger partial charge on any atom is -0.469 e. The summed E-state index contributed by atoms with van der Waals surface area (Å²) in [6, 6.07) is 11.4. The second-order valence-corrected chi connectivity index (χ2v) is 10.6. The average Bonchev–Trinajstić information content (AvgIpc) is 3.76. The summed E-state index contributed by atoms with van der Waals surface area (Å²) in [6.07, 6.45) is 5.05. The van der Waals surface area contributed by atoms with Crippen LogP contribution in [-0.4, -0.2) is 57.0 Å². The Morgan fingerprint density at radius 2 is 1.89 bits per heavy atom. The molecule has 2 amide bonds. The third-order valence-corrected chi connectivity index (χ3v) is 7.46. The number of hydrogen-bond acceptors (Lipinski definition) is 8. The van der Waals surface area contributed by atoms with Crippen LogP contribution in [0.5, 0.6) is 0 Å². The summed E-state index contributed by atoms with van der Waals surface area (Å²) >= 11 is 5.01. The number of amides is 2. The van der Waals surface area contributed by atoms with E-state index >= 15 is 0 Å². The Balaban J connectivity index is 1.80. The van der Waals surface area contributed by atoms with Crippen LogP contribution >= 0.6 is 27.9 Å². The van der Waals surface area contributed by atoms with Crippen molar-refractivity contribution in [2.24, 2.45) is 4.99 Å². The van der Waals surface area contributed by atoms with Crippen molar-refractivity contribution in [1.82, 2.24) is 10.6 Å². The van der Waals surface area contributed by atoms with Gasteiger partial charge in [0.2, 0.25) is 5.91 Å². The summed E-state index contributed by atoms with van der Waals surface area (Å²) in [7, 11) is 2.89. The molecule has 0 bridgehead atoms. The summed E-state index contributed by atoms with van der Waals surface area (Å²) in [6.45, 7) is 1.18. The third kappa shape index (κ3) is 8.22. The van der Waals surface area contributed by atoms with E-state index in [2.05, 4.69) is 40.6 Å². The van der Waals surface area contributed by atoms with Crippen LogP contribution in [0.4, 0.5) is 17.1 Å². The summed E-state index contributed by atoms with van der Waals surface area (Å²) in [5.41, 5.74) is 10.7. The molecule has 0 aliphatic heterocycles. The number of aliphatic imine (C=N–C) groups is 1. The molecule has 0 spiro atoms. The number of ether oxygens (including phenoxy) is 1. The number of rotatable bonds is 13. The summed E-state index contributed by atoms with van der Waals surface area (Å²) in [4.78, 5) is 40.7. The van der Waals surface area contributed by atoms with Crippen LogP contribution in [0, 0.1) is 0 Å². The van der Waals surface area contributed by atoms with Gasteiger partial charge in [0.25, 0.3) is 5.91 Å². The number of carbonyl (C=O) groups excluding carboxylic acids is 3. The predicted octanol–water partition coefficient (Wildman–Crippen LogP) is 4.32. The molecule has 1 fully saturated rings. The first kappa shape index (κ1) is 29.5. The molecule has 38 heavy (non-hydrogen) atoms. The van der Waals surface area contributed by atoms with Crippen LogP contribution in [0.2, 0.25) is 0 Å². The maximum Gasteiger partial charge on any atom is 0.306 e. The molecule has 1 saturated carbocycles. The quantitative estimate of drug-likeness (QED) is 0.102. The average molecular weight is 605 g/mol. The van der Waals surface area contributed by atoms with Crippen molar-refractivity contribution in [1.29, 1.82) is 0 Å². The molecule has 0 aromatic heterocycles. The molecule has 0 unspecified atom stereocenters. The zero-order valence-corrected chi connectivity index (χ0v) is 24.3. The van der Waals surface area contributed by atoms with E-state index in [0.717, 1.165) is 28.6 Å². The molecule has 3 rings (SSSR count). The predicted molar refractivity (Wildman–Crippen MR) is 157 cm³/mol. The van der Waals surface area contributed by atoms with Crippen LogP contribution in [0.15, 0.2) is 45.9 Å². The summed E-state index contributed by atoms with van der Waals surface area (Å²) < 4.78 is 7.67. The molecule has 2 aromatic carbocycles. The van der Waals surface area contributed by atoms with Crippen LogP contribution in [0.3, 0.4) is 0 Å². The zero-order valence-electron chi connectivity index (χ0n) is 21.9. The molecular formula is C27H34BrN5O4S. The van der Waals surface area contributed by atoms with Gasteiger partial charge in [-0.15, -0.1) is 0 Å². The molecule has 0 heterocycles. The second-order valence-electron chi connectivity index (χ2n) is 8.85. The highest BCUT2D eigenvalue weighted by Crippen LogP contribution is 2.47. The number of esters is 1. The Kier molecular flexibility index (Phi) is 11.0. The van der Waals surface area contributed by atoms with E-state index in [4.69, 9.17) is 5.73 Å². The van der Waals surface area contributed by atoms with Crippen molar-refractivity contribution in [3.63, 3.8) is 0 Å². The molecule has 204 valence electrons. The smallest absolute Gasteiger partial charge is 0.306 e. The highest BCUT2D eigenvalue weighted by molar-refractivity contribution is 9.10. The van der Waals surface area contributed by atoms with Gasteiger partial charge in [0, 0.05) is 48.5 Å². The molecule has 4 N–H and O–H groups in total. The van der Waals surface area contributed by atoms with Gasteiger partial charge in [0.1, 0.15) is 5.71 Å². The van der Waals surface area contributed by atoms with E-state index < -0.39 is 5.97 Å². The van der Waals surface area contributed by atoms with E-state index in [1.54, 1.807) is 19.0 Å². The first-order valence-corrected chi connectivity index (χ1v) is 14.4. The van der Waals surface area contributed by atoms with Crippen molar-refractivity contribution in [2.45, 2.75) is 38.0 Å². The van der Waals surface area contributed by atoms with E-state index in [1.165, 1.54) is 7.11 Å². The Hall–Kier alpha value is -3.05. The number of nitrogens with zero attached hydrogens (tertiary/aromatic N) is 2. The molecule has 1 aliphatic rings. The van der Waals surface area contributed by atoms with Gasteiger partial charge >= 0.3 is 5.97 Å². The molecule has 2 aromatic rings. The van der Waals surface area contributed by atoms with Crippen molar-refractivity contribution >= 4 is 68.4 Å². The van der Waals surface area contributed by atoms with Gasteiger partial charge in [-0.1, -0.05) is 27.9 Å². The second kappa shape index (κ2) is 14.2. The number of hydrogen-bond donors (Lipinski definition) is 3. The first-order valence-electron chi connectivity index (χ1n) is 12.4. The Labute approximate surface area is 236 Å². The maximum absolute atomic E-state index is 12.9. The monoisotopic (exact) mass is 603 g/mol. The van der Waals surface area contributed by atoms with Crippen molar-refractivity contribution in [2.75, 3.05) is 43.5 Å². The van der Waals surface area contributed by atoms with E-state index in [-0.39, 0.29) is 30.4 Å². The van der Waals surface area contributed by atoms with Crippen molar-refractivity contribution in [3.8, 4) is 0 Å².